The summed E-state index contributed by atoms with van der Waals surface area (Å²) in [5.74, 6) is 3.42. The maximum atomic E-state index is 10.1. The third-order valence-corrected chi connectivity index (χ3v) is 4.50. The van der Waals surface area contributed by atoms with Crippen molar-refractivity contribution in [2.45, 2.75) is 44.6 Å². The molecule has 0 aromatic heterocycles. The lowest BCUT2D eigenvalue weighted by molar-refractivity contribution is 0.0799. The highest BCUT2D eigenvalue weighted by Gasteiger charge is 2.47. The van der Waals surface area contributed by atoms with Gasteiger partial charge >= 0.3 is 0 Å². The number of hydrogen-bond donors (Lipinski definition) is 1. The molecular formula is C13H20O. The van der Waals surface area contributed by atoms with Crippen LogP contribution in [0.15, 0.2) is 12.2 Å². The van der Waals surface area contributed by atoms with Crippen LogP contribution >= 0.6 is 0 Å². The molecule has 3 aliphatic carbocycles. The van der Waals surface area contributed by atoms with Crippen LogP contribution < -0.4 is 0 Å². The summed E-state index contributed by atoms with van der Waals surface area (Å²) in [7, 11) is 0. The van der Waals surface area contributed by atoms with Crippen molar-refractivity contribution in [2.75, 3.05) is 0 Å². The third-order valence-electron chi connectivity index (χ3n) is 4.50. The van der Waals surface area contributed by atoms with Crippen LogP contribution in [-0.2, 0) is 0 Å². The first-order chi connectivity index (χ1) is 6.83. The van der Waals surface area contributed by atoms with E-state index in [1.54, 1.807) is 0 Å². The Hall–Kier alpha value is -0.300. The van der Waals surface area contributed by atoms with Gasteiger partial charge in [-0.3, -0.25) is 0 Å². The van der Waals surface area contributed by atoms with Crippen LogP contribution in [0.1, 0.15) is 38.5 Å². The minimum atomic E-state index is 0.00713. The Bertz CT molecular complexity index is 228. The molecule has 0 bridgehead atoms. The van der Waals surface area contributed by atoms with Crippen molar-refractivity contribution in [1.82, 2.24) is 0 Å². The quantitative estimate of drug-likeness (QED) is 0.682. The zero-order valence-electron chi connectivity index (χ0n) is 8.73. The molecule has 0 aliphatic heterocycles. The molecular weight excluding hydrogens is 172 g/mol. The van der Waals surface area contributed by atoms with Crippen molar-refractivity contribution >= 4 is 0 Å². The second-order valence-corrected chi connectivity index (χ2v) is 5.60. The summed E-state index contributed by atoms with van der Waals surface area (Å²) >= 11 is 0. The molecule has 78 valence electrons. The topological polar surface area (TPSA) is 20.2 Å². The van der Waals surface area contributed by atoms with E-state index in [-0.39, 0.29) is 6.10 Å². The zero-order valence-corrected chi connectivity index (χ0v) is 8.73. The highest BCUT2D eigenvalue weighted by molar-refractivity contribution is 4.99. The van der Waals surface area contributed by atoms with E-state index in [4.69, 9.17) is 0 Å². The normalized spacial score (nSPS) is 42.8. The van der Waals surface area contributed by atoms with Crippen LogP contribution in [0.2, 0.25) is 0 Å². The number of aliphatic hydroxyl groups is 1. The Morgan fingerprint density at radius 1 is 1.07 bits per heavy atom. The van der Waals surface area contributed by atoms with E-state index in [0.717, 1.165) is 24.2 Å². The molecule has 0 radical (unpaired) electrons. The van der Waals surface area contributed by atoms with Crippen LogP contribution in [0.3, 0.4) is 0 Å². The Morgan fingerprint density at radius 2 is 1.71 bits per heavy atom. The molecule has 0 saturated heterocycles. The minimum absolute atomic E-state index is 0.00713. The maximum absolute atomic E-state index is 10.1. The predicted molar refractivity (Wildman–Crippen MR) is 56.8 cm³/mol. The van der Waals surface area contributed by atoms with Gasteiger partial charge in [-0.05, 0) is 62.2 Å². The number of fused-ring (bicyclic) bond motifs is 1. The monoisotopic (exact) mass is 192 g/mol. The molecule has 1 heteroatoms. The third kappa shape index (κ3) is 1.63. The van der Waals surface area contributed by atoms with Crippen LogP contribution in [0.25, 0.3) is 0 Å². The van der Waals surface area contributed by atoms with Crippen molar-refractivity contribution < 1.29 is 5.11 Å². The molecule has 1 N–H and O–H groups in total. The fourth-order valence-corrected chi connectivity index (χ4v) is 3.48. The van der Waals surface area contributed by atoms with Crippen molar-refractivity contribution in [1.29, 1.82) is 0 Å². The highest BCUT2D eigenvalue weighted by Crippen LogP contribution is 2.55. The average molecular weight is 192 g/mol. The first kappa shape index (κ1) is 8.96. The lowest BCUT2D eigenvalue weighted by Crippen LogP contribution is -2.21. The summed E-state index contributed by atoms with van der Waals surface area (Å²) in [5, 5.41) is 10.1. The summed E-state index contributed by atoms with van der Waals surface area (Å²) in [6, 6.07) is 0. The first-order valence-electron chi connectivity index (χ1n) is 6.16. The molecule has 0 heterocycles. The zero-order chi connectivity index (χ0) is 9.54. The van der Waals surface area contributed by atoms with Crippen molar-refractivity contribution in [2.24, 2.45) is 23.7 Å². The fourth-order valence-electron chi connectivity index (χ4n) is 3.48. The first-order valence-corrected chi connectivity index (χ1v) is 6.16. The van der Waals surface area contributed by atoms with Crippen molar-refractivity contribution in [3.63, 3.8) is 0 Å². The smallest absolute Gasteiger partial charge is 0.0571 e. The molecule has 3 rings (SSSR count). The van der Waals surface area contributed by atoms with Crippen molar-refractivity contribution in [3.05, 3.63) is 12.2 Å². The largest absolute Gasteiger partial charge is 0.393 e. The molecule has 2 fully saturated rings. The predicted octanol–water partition coefficient (Wildman–Crippen LogP) is 2.75. The van der Waals surface area contributed by atoms with Gasteiger partial charge < -0.3 is 5.11 Å². The SMILES string of the molecule is OC(CC1CC=CC1)C1CC2CC2C1. The molecule has 3 unspecified atom stereocenters. The summed E-state index contributed by atoms with van der Waals surface area (Å²) in [4.78, 5) is 0. The van der Waals surface area contributed by atoms with Gasteiger partial charge in [0.15, 0.2) is 0 Å². The Balaban J connectivity index is 1.48. The van der Waals surface area contributed by atoms with E-state index >= 15 is 0 Å². The molecule has 0 aromatic rings. The van der Waals surface area contributed by atoms with E-state index < -0.39 is 0 Å². The molecule has 0 aromatic carbocycles. The average Bonchev–Trinajstić information content (AvgIpc) is 2.68. The van der Waals surface area contributed by atoms with Gasteiger partial charge in [-0.1, -0.05) is 12.2 Å². The number of rotatable bonds is 3. The van der Waals surface area contributed by atoms with Crippen LogP contribution in [0.4, 0.5) is 0 Å². The summed E-state index contributed by atoms with van der Waals surface area (Å²) in [6.45, 7) is 0. The van der Waals surface area contributed by atoms with Crippen LogP contribution in [0.5, 0.6) is 0 Å². The fraction of sp³-hybridized carbons (Fsp3) is 0.846. The minimum Gasteiger partial charge on any atom is -0.393 e. The molecule has 14 heavy (non-hydrogen) atoms. The summed E-state index contributed by atoms with van der Waals surface area (Å²) in [6.07, 6.45) is 12.1. The van der Waals surface area contributed by atoms with Crippen LogP contribution in [-0.4, -0.2) is 11.2 Å². The number of allylic oxidation sites excluding steroid dienone is 2. The van der Waals surface area contributed by atoms with E-state index in [1.165, 1.54) is 32.1 Å². The summed E-state index contributed by atoms with van der Waals surface area (Å²) in [5.41, 5.74) is 0. The molecule has 0 spiro atoms. The van der Waals surface area contributed by atoms with E-state index in [2.05, 4.69) is 12.2 Å². The Kier molecular flexibility index (Phi) is 2.16. The Morgan fingerprint density at radius 3 is 2.36 bits per heavy atom. The standard InChI is InChI=1S/C13H20O/c14-13(5-9-3-1-2-4-9)12-7-10-6-11(10)8-12/h1-2,9-14H,3-8H2. The van der Waals surface area contributed by atoms with E-state index in [1.807, 2.05) is 0 Å². The highest BCUT2D eigenvalue weighted by atomic mass is 16.3. The van der Waals surface area contributed by atoms with E-state index in [9.17, 15) is 5.11 Å². The summed E-state index contributed by atoms with van der Waals surface area (Å²) < 4.78 is 0. The van der Waals surface area contributed by atoms with Gasteiger partial charge in [-0.15, -0.1) is 0 Å². The second kappa shape index (κ2) is 3.37. The van der Waals surface area contributed by atoms with E-state index in [0.29, 0.717) is 5.92 Å². The van der Waals surface area contributed by atoms with Gasteiger partial charge in [0.25, 0.3) is 0 Å². The van der Waals surface area contributed by atoms with Crippen molar-refractivity contribution in [3.8, 4) is 0 Å². The molecule has 1 nitrogen and oxygen atoms in total. The molecule has 3 aliphatic rings. The van der Waals surface area contributed by atoms with Gasteiger partial charge in [-0.2, -0.15) is 0 Å². The Labute approximate surface area is 86.2 Å². The van der Waals surface area contributed by atoms with Gasteiger partial charge in [0.05, 0.1) is 6.10 Å². The van der Waals surface area contributed by atoms with Gasteiger partial charge in [0.2, 0.25) is 0 Å². The number of aliphatic hydroxyl groups excluding tert-OH is 1. The second-order valence-electron chi connectivity index (χ2n) is 5.60. The van der Waals surface area contributed by atoms with Crippen LogP contribution in [0, 0.1) is 23.7 Å². The molecule has 0 amide bonds. The lowest BCUT2D eigenvalue weighted by Gasteiger charge is -2.22. The molecule has 2 saturated carbocycles. The van der Waals surface area contributed by atoms with Gasteiger partial charge in [0.1, 0.15) is 0 Å². The maximum Gasteiger partial charge on any atom is 0.0571 e. The molecule has 3 atom stereocenters. The van der Waals surface area contributed by atoms with Gasteiger partial charge in [-0.25, -0.2) is 0 Å². The number of hydrogen-bond acceptors (Lipinski definition) is 1. The van der Waals surface area contributed by atoms with Gasteiger partial charge in [0, 0.05) is 0 Å². The lowest BCUT2D eigenvalue weighted by atomic mass is 9.89.